The maximum Gasteiger partial charge on any atom is 0.0965 e. The first-order valence-corrected chi connectivity index (χ1v) is 6.92. The zero-order chi connectivity index (χ0) is 12.3. The highest BCUT2D eigenvalue weighted by atomic mass is 127. The molecule has 0 spiro atoms. The topological polar surface area (TPSA) is 3.24 Å². The van der Waals surface area contributed by atoms with Gasteiger partial charge in [0.25, 0.3) is 0 Å². The van der Waals surface area contributed by atoms with Gasteiger partial charge in [0, 0.05) is 10.7 Å². The number of likely N-dealkylation sites (N-methyl/N-ethyl adjacent to an activating group) is 1. The molecule has 0 aliphatic carbocycles. The van der Waals surface area contributed by atoms with Gasteiger partial charge in [0.05, 0.1) is 39.3 Å². The third-order valence-electron chi connectivity index (χ3n) is 4.20. The van der Waals surface area contributed by atoms with Gasteiger partial charge in [-0.2, -0.15) is 0 Å². The van der Waals surface area contributed by atoms with Crippen molar-refractivity contribution in [2.45, 2.75) is 13.8 Å². The largest absolute Gasteiger partial charge is 1.00 e. The number of hydrogen-bond donors (Lipinski definition) is 0. The summed E-state index contributed by atoms with van der Waals surface area (Å²) in [5.41, 5.74) is 1.27. The van der Waals surface area contributed by atoms with Crippen molar-refractivity contribution in [2.75, 3.05) is 44.2 Å². The third-order valence-corrected chi connectivity index (χ3v) is 4.44. The van der Waals surface area contributed by atoms with Crippen molar-refractivity contribution in [3.8, 4) is 0 Å². The third kappa shape index (κ3) is 3.52. The van der Waals surface area contributed by atoms with Crippen molar-refractivity contribution >= 4 is 17.3 Å². The van der Waals surface area contributed by atoms with E-state index >= 15 is 0 Å². The second-order valence-electron chi connectivity index (χ2n) is 4.89. The summed E-state index contributed by atoms with van der Waals surface area (Å²) in [5, 5.41) is 0.833. The van der Waals surface area contributed by atoms with Crippen LogP contribution in [0.5, 0.6) is 0 Å². The Morgan fingerprint density at radius 3 is 2.28 bits per heavy atom. The summed E-state index contributed by atoms with van der Waals surface area (Å²) in [6, 6.07) is 8.20. The molecule has 0 saturated carbocycles. The summed E-state index contributed by atoms with van der Waals surface area (Å²) in [6.07, 6.45) is 0. The molecular weight excluding hydrogens is 359 g/mol. The summed E-state index contributed by atoms with van der Waals surface area (Å²) in [6.45, 7) is 11.9. The van der Waals surface area contributed by atoms with Crippen LogP contribution in [-0.4, -0.2) is 43.8 Å². The van der Waals surface area contributed by atoms with Crippen LogP contribution >= 0.6 is 11.6 Å². The van der Waals surface area contributed by atoms with Gasteiger partial charge in [-0.3, -0.25) is 0 Å². The Labute approximate surface area is 133 Å². The van der Waals surface area contributed by atoms with E-state index in [0.717, 1.165) is 18.1 Å². The van der Waals surface area contributed by atoms with Crippen molar-refractivity contribution in [1.29, 1.82) is 0 Å². The van der Waals surface area contributed by atoms with Gasteiger partial charge in [0.15, 0.2) is 0 Å². The Hall–Kier alpha value is -0.000000000000000111. The maximum absolute atomic E-state index is 6.04. The molecule has 102 valence electrons. The molecule has 1 heterocycles. The van der Waals surface area contributed by atoms with Crippen LogP contribution in [-0.2, 0) is 0 Å². The van der Waals surface area contributed by atoms with Crippen LogP contribution in [0.15, 0.2) is 24.3 Å². The van der Waals surface area contributed by atoms with E-state index in [1.165, 1.54) is 36.3 Å². The zero-order valence-corrected chi connectivity index (χ0v) is 14.1. The molecule has 0 radical (unpaired) electrons. The zero-order valence-electron chi connectivity index (χ0n) is 11.2. The molecule has 18 heavy (non-hydrogen) atoms. The van der Waals surface area contributed by atoms with Gasteiger partial charge >= 0.3 is 0 Å². The van der Waals surface area contributed by atoms with Crippen LogP contribution in [0.4, 0.5) is 5.69 Å². The molecule has 4 heteroatoms. The molecule has 0 amide bonds. The van der Waals surface area contributed by atoms with Crippen molar-refractivity contribution in [3.63, 3.8) is 0 Å². The molecule has 2 rings (SSSR count). The molecule has 1 aromatic rings. The number of hydrogen-bond acceptors (Lipinski definition) is 1. The smallest absolute Gasteiger partial charge is 0.0965 e. The molecule has 2 nitrogen and oxygen atoms in total. The Balaban J connectivity index is 0.00000162. The summed E-state index contributed by atoms with van der Waals surface area (Å²) in [4.78, 5) is 2.45. The van der Waals surface area contributed by atoms with Gasteiger partial charge in [0.2, 0.25) is 0 Å². The SMILES string of the molecule is CC[N+]1(CC)CCN(c2cccc(Cl)c2)CC1.[I-]. The maximum atomic E-state index is 6.04. The minimum Gasteiger partial charge on any atom is -1.00 e. The Morgan fingerprint density at radius 1 is 1.17 bits per heavy atom. The summed E-state index contributed by atoms with van der Waals surface area (Å²) in [7, 11) is 0. The highest BCUT2D eigenvalue weighted by Crippen LogP contribution is 2.22. The summed E-state index contributed by atoms with van der Waals surface area (Å²) in [5.74, 6) is 0. The van der Waals surface area contributed by atoms with E-state index < -0.39 is 0 Å². The fourth-order valence-corrected chi connectivity index (χ4v) is 2.86. The predicted molar refractivity (Wildman–Crippen MR) is 74.7 cm³/mol. The van der Waals surface area contributed by atoms with Crippen molar-refractivity contribution in [2.24, 2.45) is 0 Å². The number of halogens is 2. The van der Waals surface area contributed by atoms with Crippen molar-refractivity contribution in [3.05, 3.63) is 29.3 Å². The molecule has 0 N–H and O–H groups in total. The number of rotatable bonds is 3. The van der Waals surface area contributed by atoms with Crippen molar-refractivity contribution < 1.29 is 28.5 Å². The standard InChI is InChI=1S/C14H22ClN2.HI/c1-3-17(4-2)10-8-16(9-11-17)14-7-5-6-13(15)12-14;/h5-7,12H,3-4,8-11H2,1-2H3;1H/q+1;/p-1. The van der Waals surface area contributed by atoms with E-state index in [9.17, 15) is 0 Å². The van der Waals surface area contributed by atoms with E-state index in [4.69, 9.17) is 11.6 Å². The predicted octanol–water partition coefficient (Wildman–Crippen LogP) is 0.0206. The van der Waals surface area contributed by atoms with Gasteiger partial charge in [-0.1, -0.05) is 17.7 Å². The first-order valence-electron chi connectivity index (χ1n) is 6.55. The van der Waals surface area contributed by atoms with Gasteiger partial charge in [0.1, 0.15) is 0 Å². The second-order valence-corrected chi connectivity index (χ2v) is 5.32. The molecular formula is C14H22ClIN2. The van der Waals surface area contributed by atoms with Gasteiger partial charge in [-0.05, 0) is 32.0 Å². The Bertz CT molecular complexity index is 370. The van der Waals surface area contributed by atoms with Crippen LogP contribution < -0.4 is 28.9 Å². The number of quaternary nitrogens is 1. The van der Waals surface area contributed by atoms with Crippen LogP contribution in [0.25, 0.3) is 0 Å². The normalized spacial score (nSPS) is 18.3. The fraction of sp³-hybridized carbons (Fsp3) is 0.571. The minimum absolute atomic E-state index is 0. The molecule has 1 aromatic carbocycles. The molecule has 1 saturated heterocycles. The average molecular weight is 381 g/mol. The molecule has 0 bridgehead atoms. The lowest BCUT2D eigenvalue weighted by molar-refractivity contribution is -0.925. The van der Waals surface area contributed by atoms with E-state index in [2.05, 4.69) is 30.9 Å². The Kier molecular flexibility index (Phi) is 6.21. The second kappa shape index (κ2) is 6.96. The number of benzene rings is 1. The van der Waals surface area contributed by atoms with Gasteiger partial charge < -0.3 is 33.4 Å². The molecule has 1 fully saturated rings. The Morgan fingerprint density at radius 2 is 1.78 bits per heavy atom. The van der Waals surface area contributed by atoms with Crippen LogP contribution in [0.2, 0.25) is 5.02 Å². The summed E-state index contributed by atoms with van der Waals surface area (Å²) >= 11 is 6.04. The number of nitrogens with zero attached hydrogens (tertiary/aromatic N) is 2. The fourth-order valence-electron chi connectivity index (χ4n) is 2.68. The van der Waals surface area contributed by atoms with Crippen molar-refractivity contribution in [1.82, 2.24) is 0 Å². The molecule has 0 aromatic heterocycles. The molecule has 1 aliphatic heterocycles. The highest BCUT2D eigenvalue weighted by molar-refractivity contribution is 6.30. The van der Waals surface area contributed by atoms with E-state index in [1.54, 1.807) is 0 Å². The first kappa shape index (κ1) is 16.1. The van der Waals surface area contributed by atoms with E-state index in [-0.39, 0.29) is 24.0 Å². The number of piperazine rings is 1. The molecule has 1 aliphatic rings. The van der Waals surface area contributed by atoms with E-state index in [0.29, 0.717) is 0 Å². The lowest BCUT2D eigenvalue weighted by Gasteiger charge is -2.44. The van der Waals surface area contributed by atoms with Crippen LogP contribution in [0.3, 0.4) is 0 Å². The van der Waals surface area contributed by atoms with E-state index in [1.807, 2.05) is 12.1 Å². The monoisotopic (exact) mass is 380 g/mol. The number of anilines is 1. The average Bonchev–Trinajstić information content (AvgIpc) is 2.39. The van der Waals surface area contributed by atoms with Crippen LogP contribution in [0, 0.1) is 0 Å². The first-order chi connectivity index (χ1) is 8.19. The lowest BCUT2D eigenvalue weighted by atomic mass is 10.2. The quantitative estimate of drug-likeness (QED) is 0.528. The lowest BCUT2D eigenvalue weighted by Crippen LogP contribution is -3.00. The molecule has 0 unspecified atom stereocenters. The molecule has 0 atom stereocenters. The highest BCUT2D eigenvalue weighted by Gasteiger charge is 2.29. The summed E-state index contributed by atoms with van der Waals surface area (Å²) < 4.78 is 1.26. The van der Waals surface area contributed by atoms with Crippen LogP contribution in [0.1, 0.15) is 13.8 Å². The van der Waals surface area contributed by atoms with Gasteiger partial charge in [-0.15, -0.1) is 0 Å². The van der Waals surface area contributed by atoms with Gasteiger partial charge in [-0.25, -0.2) is 0 Å². The minimum atomic E-state index is 0.